The van der Waals surface area contributed by atoms with Gasteiger partial charge in [0.05, 0.1) is 11.8 Å². The van der Waals surface area contributed by atoms with Crippen molar-refractivity contribution < 1.29 is 14.6 Å². The molecule has 5 nitrogen and oxygen atoms in total. The van der Waals surface area contributed by atoms with Crippen molar-refractivity contribution >= 4 is 13.0 Å². The van der Waals surface area contributed by atoms with Crippen molar-refractivity contribution in [2.75, 3.05) is 19.9 Å². The van der Waals surface area contributed by atoms with Crippen LogP contribution in [0.3, 0.4) is 0 Å². The molecule has 0 fully saturated rings. The van der Waals surface area contributed by atoms with Crippen LogP contribution in [0.4, 0.5) is 0 Å². The first kappa shape index (κ1) is 14.9. The summed E-state index contributed by atoms with van der Waals surface area (Å²) in [6.07, 6.45) is 0. The quantitative estimate of drug-likeness (QED) is 0.431. The minimum atomic E-state index is -2.55. The lowest BCUT2D eigenvalue weighted by atomic mass is 10.1. The van der Waals surface area contributed by atoms with Gasteiger partial charge in [0.1, 0.15) is 7.14 Å². The average Bonchev–Trinajstić information content (AvgIpc) is 2.35. The number of hydroxylamine groups is 1. The SMILES string of the molecule is CC(NCC(=O)NO)(c1ccccc1)P(C)(C)=O. The maximum absolute atomic E-state index is 12.5. The summed E-state index contributed by atoms with van der Waals surface area (Å²) in [5, 5.41) is 10.7. The summed E-state index contributed by atoms with van der Waals surface area (Å²) in [6, 6.07) is 9.32. The van der Waals surface area contributed by atoms with E-state index >= 15 is 0 Å². The molecule has 1 amide bonds. The second-order valence-corrected chi connectivity index (χ2v) is 8.27. The van der Waals surface area contributed by atoms with E-state index in [4.69, 9.17) is 5.21 Å². The second kappa shape index (κ2) is 5.65. The highest BCUT2D eigenvalue weighted by Gasteiger charge is 2.38. The highest BCUT2D eigenvalue weighted by Crippen LogP contribution is 2.55. The summed E-state index contributed by atoms with van der Waals surface area (Å²) in [7, 11) is -2.55. The number of hydrogen-bond acceptors (Lipinski definition) is 4. The minimum Gasteiger partial charge on any atom is -0.322 e. The Hall–Kier alpha value is -1.16. The molecule has 1 rings (SSSR count). The zero-order chi connectivity index (χ0) is 13.8. The van der Waals surface area contributed by atoms with Crippen molar-refractivity contribution in [3.63, 3.8) is 0 Å². The molecule has 0 heterocycles. The summed E-state index contributed by atoms with van der Waals surface area (Å²) in [4.78, 5) is 11.1. The van der Waals surface area contributed by atoms with Crippen LogP contribution >= 0.6 is 7.14 Å². The number of carbonyl (C=O) groups excluding carboxylic acids is 1. The summed E-state index contributed by atoms with van der Waals surface area (Å²) in [5.41, 5.74) is 2.40. The fourth-order valence-electron chi connectivity index (χ4n) is 1.66. The molecule has 0 radical (unpaired) electrons. The Morgan fingerprint density at radius 1 is 1.33 bits per heavy atom. The maximum atomic E-state index is 12.5. The molecular weight excluding hydrogens is 251 g/mol. The Morgan fingerprint density at radius 2 is 1.89 bits per heavy atom. The van der Waals surface area contributed by atoms with Crippen LogP contribution in [-0.2, 0) is 14.6 Å². The topological polar surface area (TPSA) is 78.4 Å². The molecular formula is C12H19N2O3P. The van der Waals surface area contributed by atoms with Crippen LogP contribution in [0.1, 0.15) is 12.5 Å². The van der Waals surface area contributed by atoms with Crippen LogP contribution in [0.15, 0.2) is 30.3 Å². The van der Waals surface area contributed by atoms with Gasteiger partial charge in [0.15, 0.2) is 0 Å². The van der Waals surface area contributed by atoms with Crippen LogP contribution in [0, 0.1) is 0 Å². The molecule has 1 unspecified atom stereocenters. The number of benzene rings is 1. The molecule has 18 heavy (non-hydrogen) atoms. The number of rotatable bonds is 5. The lowest BCUT2D eigenvalue weighted by molar-refractivity contribution is -0.128. The molecule has 0 spiro atoms. The number of hydrogen-bond donors (Lipinski definition) is 3. The van der Waals surface area contributed by atoms with E-state index in [-0.39, 0.29) is 6.54 Å². The highest BCUT2D eigenvalue weighted by molar-refractivity contribution is 7.63. The van der Waals surface area contributed by atoms with Crippen molar-refractivity contribution in [2.24, 2.45) is 0 Å². The maximum Gasteiger partial charge on any atom is 0.257 e. The van der Waals surface area contributed by atoms with Crippen molar-refractivity contribution in [1.82, 2.24) is 10.8 Å². The van der Waals surface area contributed by atoms with Gasteiger partial charge in [0, 0.05) is 0 Å². The Kier molecular flexibility index (Phi) is 4.68. The molecule has 0 bridgehead atoms. The van der Waals surface area contributed by atoms with E-state index in [2.05, 4.69) is 5.32 Å². The molecule has 0 aliphatic rings. The summed E-state index contributed by atoms with van der Waals surface area (Å²) in [5.74, 6) is -0.564. The standard InChI is InChI=1S/C12H19N2O3P/c1-12(18(2,3)17,13-9-11(15)14-16)10-7-5-4-6-8-10/h4-8,13,16H,9H2,1-3H3,(H,14,15). The zero-order valence-corrected chi connectivity index (χ0v) is 11.7. The second-order valence-electron chi connectivity index (χ2n) is 4.68. The Bertz CT molecular complexity index is 458. The Balaban J connectivity index is 3.05. The molecule has 0 saturated carbocycles. The third-order valence-corrected chi connectivity index (χ3v) is 5.70. The molecule has 0 aromatic heterocycles. The minimum absolute atomic E-state index is 0.104. The predicted molar refractivity (Wildman–Crippen MR) is 71.2 cm³/mol. The lowest BCUT2D eigenvalue weighted by Gasteiger charge is -2.35. The van der Waals surface area contributed by atoms with Gasteiger partial charge in [-0.2, -0.15) is 0 Å². The van der Waals surface area contributed by atoms with Gasteiger partial charge < -0.3 is 4.57 Å². The van der Waals surface area contributed by atoms with Gasteiger partial charge in [-0.15, -0.1) is 0 Å². The Labute approximate surface area is 107 Å². The number of amides is 1. The molecule has 1 aromatic carbocycles. The van der Waals surface area contributed by atoms with Crippen LogP contribution < -0.4 is 10.8 Å². The first-order valence-electron chi connectivity index (χ1n) is 5.60. The smallest absolute Gasteiger partial charge is 0.257 e. The normalized spacial score (nSPS) is 14.9. The van der Waals surface area contributed by atoms with E-state index in [1.807, 2.05) is 30.3 Å². The van der Waals surface area contributed by atoms with Crippen molar-refractivity contribution in [1.29, 1.82) is 0 Å². The third kappa shape index (κ3) is 3.19. The fourth-order valence-corrected chi connectivity index (χ4v) is 2.89. The summed E-state index contributed by atoms with van der Waals surface area (Å²) >= 11 is 0. The zero-order valence-electron chi connectivity index (χ0n) is 10.8. The summed E-state index contributed by atoms with van der Waals surface area (Å²) < 4.78 is 12.5. The molecule has 100 valence electrons. The monoisotopic (exact) mass is 270 g/mol. The van der Waals surface area contributed by atoms with E-state index in [1.54, 1.807) is 25.7 Å². The van der Waals surface area contributed by atoms with Gasteiger partial charge in [0.25, 0.3) is 5.91 Å². The van der Waals surface area contributed by atoms with E-state index < -0.39 is 18.3 Å². The van der Waals surface area contributed by atoms with Gasteiger partial charge in [-0.1, -0.05) is 30.3 Å². The highest BCUT2D eigenvalue weighted by atomic mass is 31.2. The van der Waals surface area contributed by atoms with Gasteiger partial charge in [-0.25, -0.2) is 5.48 Å². The fraction of sp³-hybridized carbons (Fsp3) is 0.417. The molecule has 6 heteroatoms. The first-order chi connectivity index (χ1) is 8.31. The van der Waals surface area contributed by atoms with Crippen molar-refractivity contribution in [3.8, 4) is 0 Å². The number of carbonyl (C=O) groups is 1. The van der Waals surface area contributed by atoms with Crippen LogP contribution in [0.5, 0.6) is 0 Å². The average molecular weight is 270 g/mol. The Morgan fingerprint density at radius 3 is 2.33 bits per heavy atom. The van der Waals surface area contributed by atoms with Crippen LogP contribution in [0.25, 0.3) is 0 Å². The van der Waals surface area contributed by atoms with E-state index in [9.17, 15) is 9.36 Å². The predicted octanol–water partition coefficient (Wildman–Crippen LogP) is 1.58. The lowest BCUT2D eigenvalue weighted by Crippen LogP contribution is -2.44. The first-order valence-corrected chi connectivity index (χ1v) is 8.20. The van der Waals surface area contributed by atoms with Crippen LogP contribution in [0.2, 0.25) is 0 Å². The van der Waals surface area contributed by atoms with E-state index in [0.29, 0.717) is 0 Å². The van der Waals surface area contributed by atoms with Crippen LogP contribution in [-0.4, -0.2) is 31.0 Å². The summed E-state index contributed by atoms with van der Waals surface area (Å²) in [6.45, 7) is 5.04. The van der Waals surface area contributed by atoms with Crippen molar-refractivity contribution in [3.05, 3.63) is 35.9 Å². The molecule has 3 N–H and O–H groups in total. The van der Waals surface area contributed by atoms with E-state index in [1.165, 1.54) is 0 Å². The third-order valence-electron chi connectivity index (χ3n) is 3.13. The molecule has 0 aliphatic heterocycles. The van der Waals surface area contributed by atoms with Crippen molar-refractivity contribution in [2.45, 2.75) is 12.2 Å². The molecule has 1 atom stereocenters. The van der Waals surface area contributed by atoms with Gasteiger partial charge in [-0.05, 0) is 25.8 Å². The van der Waals surface area contributed by atoms with E-state index in [0.717, 1.165) is 5.56 Å². The van der Waals surface area contributed by atoms with Gasteiger partial charge in [-0.3, -0.25) is 15.3 Å². The molecule has 0 aliphatic carbocycles. The molecule has 0 saturated heterocycles. The largest absolute Gasteiger partial charge is 0.322 e. The number of nitrogens with one attached hydrogen (secondary N) is 2. The van der Waals surface area contributed by atoms with Gasteiger partial charge in [0.2, 0.25) is 0 Å². The van der Waals surface area contributed by atoms with Gasteiger partial charge >= 0.3 is 0 Å². The molecule has 1 aromatic rings.